The number of hydrogen-bond donors (Lipinski definition) is 5. The van der Waals surface area contributed by atoms with Gasteiger partial charge in [0.2, 0.25) is 11.8 Å². The molecule has 1 spiro atoms. The number of esters is 1. The number of anilines is 3. The summed E-state index contributed by atoms with van der Waals surface area (Å²) < 4.78 is 93.6. The van der Waals surface area contributed by atoms with Crippen LogP contribution in [0.1, 0.15) is 112 Å². The normalized spacial score (nSPS) is 16.2. The quantitative estimate of drug-likeness (QED) is 0.0334. The first kappa shape index (κ1) is 55.5. The fourth-order valence-electron chi connectivity index (χ4n) is 10.3. The summed E-state index contributed by atoms with van der Waals surface area (Å²) in [7, 11) is 0. The summed E-state index contributed by atoms with van der Waals surface area (Å²) in [5.41, 5.74) is 0.573. The minimum atomic E-state index is -5.26. The molecule has 6 aromatic rings. The molecule has 1 saturated carbocycles. The molecule has 5 N–H and O–H groups in total. The minimum absolute atomic E-state index is 0.00313. The maximum Gasteiger partial charge on any atom is 0.471 e. The van der Waals surface area contributed by atoms with Gasteiger partial charge < -0.3 is 45.5 Å². The maximum absolute atomic E-state index is 13.8. The number of ether oxygens (including phenoxy) is 2. The van der Waals surface area contributed by atoms with Crippen LogP contribution < -0.4 is 36.2 Å². The minimum Gasteiger partial charge on any atom is -0.456 e. The number of rotatable bonds is 17. The number of fused-ring (bicyclic) bond motifs is 7. The van der Waals surface area contributed by atoms with E-state index in [4.69, 9.17) is 9.47 Å². The summed E-state index contributed by atoms with van der Waals surface area (Å²) >= 11 is 1.50. The summed E-state index contributed by atoms with van der Waals surface area (Å²) in [6.45, 7) is 5.07. The van der Waals surface area contributed by atoms with Crippen LogP contribution in [0.25, 0.3) is 10.2 Å². The summed E-state index contributed by atoms with van der Waals surface area (Å²) in [6, 6.07) is 22.2. The molecule has 6 amide bonds. The second-order valence-corrected chi connectivity index (χ2v) is 20.5. The Bertz CT molecular complexity index is 3310. The smallest absolute Gasteiger partial charge is 0.456 e. The van der Waals surface area contributed by atoms with Crippen molar-refractivity contribution in [2.24, 2.45) is 5.92 Å². The van der Waals surface area contributed by atoms with Crippen molar-refractivity contribution in [3.63, 3.8) is 0 Å². The van der Waals surface area contributed by atoms with E-state index in [9.17, 15) is 59.9 Å². The van der Waals surface area contributed by atoms with E-state index < -0.39 is 53.0 Å². The van der Waals surface area contributed by atoms with Gasteiger partial charge in [0, 0.05) is 83.0 Å². The van der Waals surface area contributed by atoms with Crippen LogP contribution in [0.5, 0.6) is 11.5 Å². The third-order valence-corrected chi connectivity index (χ3v) is 15.1. The predicted octanol–water partition coefficient (Wildman–Crippen LogP) is 10.0. The molecule has 4 aromatic carbocycles. The van der Waals surface area contributed by atoms with E-state index in [1.807, 2.05) is 55.6 Å². The third-order valence-electron chi connectivity index (χ3n) is 14.2. The summed E-state index contributed by atoms with van der Waals surface area (Å²) in [6.07, 6.45) is -5.37. The van der Waals surface area contributed by atoms with Gasteiger partial charge in [-0.1, -0.05) is 25.0 Å². The lowest BCUT2D eigenvalue weighted by molar-refractivity contribution is -0.167. The van der Waals surface area contributed by atoms with Crippen LogP contribution in [0, 0.1) is 12.8 Å². The van der Waals surface area contributed by atoms with E-state index in [2.05, 4.69) is 16.0 Å². The number of benzene rings is 4. The number of alkyl halides is 6. The Kier molecular flexibility index (Phi) is 15.9. The number of unbranched alkanes of at least 4 members (excludes halogenated alkanes) is 3. The highest BCUT2D eigenvalue weighted by Gasteiger charge is 2.54. The number of aryl methyl sites for hydroxylation is 1. The zero-order chi connectivity index (χ0) is 56.4. The molecule has 1 aliphatic carbocycles. The maximum atomic E-state index is 13.8. The van der Waals surface area contributed by atoms with Gasteiger partial charge in [-0.25, -0.2) is 4.79 Å². The Hall–Kier alpha value is -8.21. The molecule has 414 valence electrons. The van der Waals surface area contributed by atoms with Gasteiger partial charge in [0.15, 0.2) is 5.60 Å². The van der Waals surface area contributed by atoms with E-state index in [0.717, 1.165) is 52.2 Å². The van der Waals surface area contributed by atoms with Gasteiger partial charge in [-0.2, -0.15) is 26.3 Å². The van der Waals surface area contributed by atoms with Crippen LogP contribution in [-0.4, -0.2) is 84.0 Å². The van der Waals surface area contributed by atoms with Gasteiger partial charge in [-0.3, -0.25) is 28.8 Å². The third kappa shape index (κ3) is 11.8. The Morgan fingerprint density at radius 2 is 1.35 bits per heavy atom. The molecule has 0 atom stereocenters. The zero-order valence-electron chi connectivity index (χ0n) is 42.6. The van der Waals surface area contributed by atoms with Gasteiger partial charge in [0.25, 0.3) is 11.8 Å². The first-order valence-electron chi connectivity index (χ1n) is 25.6. The molecule has 0 radical (unpaired) electrons. The number of carbonyl (C=O) groups is 7. The SMILES string of the molecule is CCN(C(=O)Cn1c(C(=O)N[C@H]2CC[C@H](C(=O)NCCCCCCNC(=O)c3ccc4c(c3)C3(OC4=O)c4ccc(NC(=O)C(F)(F)F)cc4Oc4cc(NC(=O)C(F)(F)F)ccc43)CC2)cc2sccc21)c1cccc(C)c1. The number of nitrogens with zero attached hydrogens (tertiary/aromatic N) is 2. The number of carbonyl (C=O) groups excluding carboxylic acids is 7. The molecular formula is C56H53F6N7O9S. The molecule has 2 aromatic heterocycles. The molecule has 3 aliphatic rings. The molecule has 0 bridgehead atoms. The Balaban J connectivity index is 0.752. The lowest BCUT2D eigenvalue weighted by Gasteiger charge is -2.37. The molecule has 4 heterocycles. The lowest BCUT2D eigenvalue weighted by Crippen LogP contribution is -2.42. The van der Waals surface area contributed by atoms with Crippen LogP contribution in [-0.2, 0) is 36.1 Å². The fraction of sp³-hybridized carbons (Fsp3) is 0.339. The molecule has 79 heavy (non-hydrogen) atoms. The van der Waals surface area contributed by atoms with Crippen molar-refractivity contribution in [1.29, 1.82) is 0 Å². The van der Waals surface area contributed by atoms with Gasteiger partial charge in [-0.05, 0) is 130 Å². The van der Waals surface area contributed by atoms with Crippen molar-refractivity contribution < 1.29 is 69.4 Å². The van der Waals surface area contributed by atoms with Crippen LogP contribution >= 0.6 is 11.3 Å². The van der Waals surface area contributed by atoms with Crippen LogP contribution in [0.15, 0.2) is 96.4 Å². The second-order valence-electron chi connectivity index (χ2n) is 19.5. The average molecular weight is 1110 g/mol. The number of likely N-dealkylation sites (N-methyl/N-ethyl adjacent to an activating group) is 1. The number of hydrogen-bond acceptors (Lipinski definition) is 10. The van der Waals surface area contributed by atoms with Gasteiger partial charge in [0.1, 0.15) is 23.7 Å². The molecule has 0 unspecified atom stereocenters. The van der Waals surface area contributed by atoms with E-state index in [0.29, 0.717) is 63.7 Å². The van der Waals surface area contributed by atoms with E-state index in [1.165, 1.54) is 41.7 Å². The molecule has 0 saturated heterocycles. The number of halogens is 6. The Morgan fingerprint density at radius 1 is 0.722 bits per heavy atom. The van der Waals surface area contributed by atoms with Crippen molar-refractivity contribution >= 4 is 80.0 Å². The molecular weight excluding hydrogens is 1060 g/mol. The number of nitrogens with one attached hydrogen (secondary N) is 5. The highest BCUT2D eigenvalue weighted by molar-refractivity contribution is 7.17. The topological polar surface area (TPSA) is 206 Å². The molecule has 16 nitrogen and oxygen atoms in total. The molecule has 9 rings (SSSR count). The average Bonchev–Trinajstić information content (AvgIpc) is 3.38. The largest absolute Gasteiger partial charge is 0.471 e. The Morgan fingerprint density at radius 3 is 1.96 bits per heavy atom. The highest BCUT2D eigenvalue weighted by atomic mass is 32.1. The lowest BCUT2D eigenvalue weighted by atomic mass is 9.77. The second kappa shape index (κ2) is 22.6. The zero-order valence-corrected chi connectivity index (χ0v) is 43.4. The van der Waals surface area contributed by atoms with Crippen molar-refractivity contribution in [1.82, 2.24) is 20.5 Å². The van der Waals surface area contributed by atoms with E-state index in [1.54, 1.807) is 20.1 Å². The Labute approximate surface area is 452 Å². The van der Waals surface area contributed by atoms with Crippen molar-refractivity contribution in [2.75, 3.05) is 35.2 Å². The summed E-state index contributed by atoms with van der Waals surface area (Å²) in [5.74, 6) is -7.19. The van der Waals surface area contributed by atoms with E-state index in [-0.39, 0.29) is 82.1 Å². The number of amides is 6. The van der Waals surface area contributed by atoms with Crippen molar-refractivity contribution in [3.05, 3.63) is 135 Å². The van der Waals surface area contributed by atoms with Crippen LogP contribution in [0.2, 0.25) is 0 Å². The summed E-state index contributed by atoms with van der Waals surface area (Å²) in [5, 5.41) is 14.4. The predicted molar refractivity (Wildman–Crippen MR) is 280 cm³/mol. The van der Waals surface area contributed by atoms with Crippen LogP contribution in [0.3, 0.4) is 0 Å². The van der Waals surface area contributed by atoms with Crippen molar-refractivity contribution in [3.8, 4) is 11.5 Å². The monoisotopic (exact) mass is 1110 g/mol. The first-order chi connectivity index (χ1) is 37.6. The standard InChI is InChI=1S/C56H53F6N7O9S/c1-3-68(37-10-8-9-31(2)25-37)47(70)30-69-42-21-24-79-46(42)29-43(69)50(73)65-34-14-11-32(12-15-34)48(71)63-22-6-4-5-7-23-64-49(72)33-13-18-38-41(26-33)54(78-51(38)74)39-19-16-35(66-52(75)55(57,58)59)27-44(39)77-45-28-36(17-20-40(45)54)67-53(76)56(60,61)62/h8-10,13,16-21,24-29,32,34H,3-7,11-12,14-15,22-23,30H2,1-2H3,(H,63,71)(H,64,72)(H,65,73)(H,66,75)(H,67,76)/t32-,34-. The highest BCUT2D eigenvalue weighted by Crippen LogP contribution is 2.57. The van der Waals surface area contributed by atoms with Crippen molar-refractivity contribution in [2.45, 2.75) is 95.8 Å². The first-order valence-corrected chi connectivity index (χ1v) is 26.4. The molecule has 23 heteroatoms. The number of thiophene rings is 1. The fourth-order valence-corrected chi connectivity index (χ4v) is 11.1. The molecule has 1 fully saturated rings. The van der Waals surface area contributed by atoms with Gasteiger partial charge in [-0.15, -0.1) is 11.3 Å². The van der Waals surface area contributed by atoms with Gasteiger partial charge >= 0.3 is 30.1 Å². The summed E-state index contributed by atoms with van der Waals surface area (Å²) in [4.78, 5) is 93.0. The van der Waals surface area contributed by atoms with E-state index >= 15 is 0 Å². The van der Waals surface area contributed by atoms with Crippen LogP contribution in [0.4, 0.5) is 43.4 Å². The molecule has 2 aliphatic heterocycles. The van der Waals surface area contributed by atoms with Gasteiger partial charge in [0.05, 0.1) is 15.8 Å². The number of aromatic nitrogens is 1.